The van der Waals surface area contributed by atoms with Gasteiger partial charge in [-0.05, 0) is 23.8 Å². The van der Waals surface area contributed by atoms with Crippen LogP contribution in [0.1, 0.15) is 16.4 Å². The highest BCUT2D eigenvalue weighted by Gasteiger charge is 2.22. The Morgan fingerprint density at radius 3 is 2.23 bits per heavy atom. The molecule has 3 aromatic carbocycles. The van der Waals surface area contributed by atoms with Gasteiger partial charge in [-0.15, -0.1) is 11.8 Å². The molecule has 3 nitrogen and oxygen atoms in total. The van der Waals surface area contributed by atoms with Crippen LogP contribution >= 0.6 is 11.8 Å². The Labute approximate surface area is 158 Å². The average molecular weight is 363 g/mol. The van der Waals surface area contributed by atoms with Gasteiger partial charge in [0.2, 0.25) is 5.91 Å². The second-order valence-electron chi connectivity index (χ2n) is 5.75. The largest absolute Gasteiger partial charge is 0.496 e. The number of para-hydroxylation sites is 1. The van der Waals surface area contributed by atoms with Crippen molar-refractivity contribution in [2.75, 3.05) is 7.11 Å². The van der Waals surface area contributed by atoms with Crippen molar-refractivity contribution in [2.45, 2.75) is 16.7 Å². The summed E-state index contributed by atoms with van der Waals surface area (Å²) in [5.74, 6) is 0.760. The molecule has 0 unspecified atom stereocenters. The van der Waals surface area contributed by atoms with E-state index in [9.17, 15) is 4.79 Å². The standard InChI is InChI=1S/C22H21NO2S/c1-25-20-15-9-8-12-18(20)16-23-22(24)21(17-10-4-2-5-11-17)26-19-13-6-3-7-14-19/h2-15,21H,16H2,1H3,(H,23,24)/t21-/m1/s1. The highest BCUT2D eigenvalue weighted by atomic mass is 32.2. The van der Waals surface area contributed by atoms with E-state index in [-0.39, 0.29) is 11.2 Å². The number of nitrogens with one attached hydrogen (secondary N) is 1. The fourth-order valence-corrected chi connectivity index (χ4v) is 3.73. The van der Waals surface area contributed by atoms with Crippen molar-refractivity contribution >= 4 is 17.7 Å². The van der Waals surface area contributed by atoms with E-state index in [2.05, 4.69) is 5.32 Å². The van der Waals surface area contributed by atoms with Crippen molar-refractivity contribution in [1.82, 2.24) is 5.32 Å². The van der Waals surface area contributed by atoms with Crippen LogP contribution in [0, 0.1) is 0 Å². The molecule has 0 fully saturated rings. The summed E-state index contributed by atoms with van der Waals surface area (Å²) >= 11 is 1.55. The lowest BCUT2D eigenvalue weighted by Crippen LogP contribution is -2.27. The van der Waals surface area contributed by atoms with E-state index in [1.807, 2.05) is 84.9 Å². The fourth-order valence-electron chi connectivity index (χ4n) is 2.66. The molecule has 0 heterocycles. The molecule has 0 spiro atoms. The van der Waals surface area contributed by atoms with Gasteiger partial charge in [0.05, 0.1) is 7.11 Å². The van der Waals surface area contributed by atoms with Crippen LogP contribution in [-0.2, 0) is 11.3 Å². The predicted octanol–water partition coefficient (Wildman–Crippen LogP) is 4.85. The SMILES string of the molecule is COc1ccccc1CNC(=O)[C@H](Sc1ccccc1)c1ccccc1. The van der Waals surface area contributed by atoms with Crippen LogP contribution in [0.4, 0.5) is 0 Å². The zero-order valence-electron chi connectivity index (χ0n) is 14.6. The minimum atomic E-state index is -0.312. The highest BCUT2D eigenvalue weighted by molar-refractivity contribution is 8.00. The molecule has 0 saturated heterocycles. The first kappa shape index (κ1) is 18.1. The minimum absolute atomic E-state index is 0.0176. The Kier molecular flexibility index (Phi) is 6.34. The molecule has 0 saturated carbocycles. The summed E-state index contributed by atoms with van der Waals surface area (Å²) in [4.78, 5) is 14.0. The van der Waals surface area contributed by atoms with E-state index in [4.69, 9.17) is 4.74 Å². The van der Waals surface area contributed by atoms with Crippen LogP contribution in [0.2, 0.25) is 0 Å². The monoisotopic (exact) mass is 363 g/mol. The highest BCUT2D eigenvalue weighted by Crippen LogP contribution is 2.35. The van der Waals surface area contributed by atoms with Gasteiger partial charge in [-0.25, -0.2) is 0 Å². The second-order valence-corrected chi connectivity index (χ2v) is 6.93. The molecule has 0 radical (unpaired) electrons. The van der Waals surface area contributed by atoms with E-state index >= 15 is 0 Å². The quantitative estimate of drug-likeness (QED) is 0.610. The first-order valence-corrected chi connectivity index (χ1v) is 9.32. The molecule has 3 aromatic rings. The van der Waals surface area contributed by atoms with E-state index in [1.165, 1.54) is 0 Å². The molecule has 1 atom stereocenters. The Morgan fingerprint density at radius 1 is 0.923 bits per heavy atom. The Morgan fingerprint density at radius 2 is 1.54 bits per heavy atom. The lowest BCUT2D eigenvalue weighted by molar-refractivity contribution is -0.120. The summed E-state index contributed by atoms with van der Waals surface area (Å²) in [5, 5.41) is 2.74. The molecule has 0 bridgehead atoms. The average Bonchev–Trinajstić information content (AvgIpc) is 2.72. The minimum Gasteiger partial charge on any atom is -0.496 e. The molecular weight excluding hydrogens is 342 g/mol. The van der Waals surface area contributed by atoms with Gasteiger partial charge in [0.25, 0.3) is 0 Å². The van der Waals surface area contributed by atoms with Crippen molar-refractivity contribution in [3.8, 4) is 5.75 Å². The first-order chi connectivity index (χ1) is 12.8. The van der Waals surface area contributed by atoms with Crippen LogP contribution in [-0.4, -0.2) is 13.0 Å². The van der Waals surface area contributed by atoms with Crippen LogP contribution in [0.15, 0.2) is 89.8 Å². The molecule has 4 heteroatoms. The number of benzene rings is 3. The van der Waals surface area contributed by atoms with Gasteiger partial charge in [-0.3, -0.25) is 4.79 Å². The lowest BCUT2D eigenvalue weighted by atomic mass is 10.1. The van der Waals surface area contributed by atoms with Gasteiger partial charge in [-0.2, -0.15) is 0 Å². The van der Waals surface area contributed by atoms with Gasteiger partial charge in [0.15, 0.2) is 0 Å². The maximum atomic E-state index is 12.9. The normalized spacial score (nSPS) is 11.6. The maximum Gasteiger partial charge on any atom is 0.238 e. The summed E-state index contributed by atoms with van der Waals surface area (Å²) in [5.41, 5.74) is 1.94. The number of hydrogen-bond acceptors (Lipinski definition) is 3. The summed E-state index contributed by atoms with van der Waals surface area (Å²) in [7, 11) is 1.64. The summed E-state index contributed by atoms with van der Waals surface area (Å²) < 4.78 is 5.36. The zero-order chi connectivity index (χ0) is 18.2. The third-order valence-electron chi connectivity index (χ3n) is 3.98. The molecule has 0 aliphatic heterocycles. The summed E-state index contributed by atoms with van der Waals surface area (Å²) in [6.45, 7) is 0.432. The molecule has 1 amide bonds. The van der Waals surface area contributed by atoms with Crippen molar-refractivity contribution in [2.24, 2.45) is 0 Å². The Balaban J connectivity index is 1.76. The molecule has 3 rings (SSSR count). The first-order valence-electron chi connectivity index (χ1n) is 8.44. The molecular formula is C22H21NO2S. The molecule has 26 heavy (non-hydrogen) atoms. The van der Waals surface area contributed by atoms with E-state index < -0.39 is 0 Å². The number of carbonyl (C=O) groups is 1. The number of thioether (sulfide) groups is 1. The van der Waals surface area contributed by atoms with E-state index in [1.54, 1.807) is 18.9 Å². The summed E-state index contributed by atoms with van der Waals surface area (Å²) in [6.07, 6.45) is 0. The molecule has 132 valence electrons. The zero-order valence-corrected chi connectivity index (χ0v) is 15.4. The van der Waals surface area contributed by atoms with Crippen molar-refractivity contribution in [3.63, 3.8) is 0 Å². The van der Waals surface area contributed by atoms with Gasteiger partial charge in [-0.1, -0.05) is 66.7 Å². The van der Waals surface area contributed by atoms with Gasteiger partial charge < -0.3 is 10.1 Å². The van der Waals surface area contributed by atoms with Gasteiger partial charge in [0.1, 0.15) is 11.0 Å². The number of rotatable bonds is 7. The van der Waals surface area contributed by atoms with Crippen molar-refractivity contribution in [3.05, 3.63) is 96.1 Å². The lowest BCUT2D eigenvalue weighted by Gasteiger charge is -2.18. The molecule has 0 aromatic heterocycles. The maximum absolute atomic E-state index is 12.9. The molecule has 0 aliphatic carbocycles. The van der Waals surface area contributed by atoms with E-state index in [0.717, 1.165) is 21.8 Å². The number of ether oxygens (including phenoxy) is 1. The number of amides is 1. The third kappa shape index (κ3) is 4.67. The molecule has 1 N–H and O–H groups in total. The topological polar surface area (TPSA) is 38.3 Å². The van der Waals surface area contributed by atoms with Crippen LogP contribution < -0.4 is 10.1 Å². The Bertz CT molecular complexity index is 837. The Hall–Kier alpha value is -2.72. The smallest absolute Gasteiger partial charge is 0.238 e. The third-order valence-corrected chi connectivity index (χ3v) is 5.25. The molecule has 0 aliphatic rings. The van der Waals surface area contributed by atoms with Gasteiger partial charge in [0, 0.05) is 17.0 Å². The predicted molar refractivity (Wildman–Crippen MR) is 106 cm³/mol. The number of carbonyl (C=O) groups excluding carboxylic acids is 1. The van der Waals surface area contributed by atoms with Crippen molar-refractivity contribution in [1.29, 1.82) is 0 Å². The van der Waals surface area contributed by atoms with Crippen LogP contribution in [0.25, 0.3) is 0 Å². The summed E-state index contributed by atoms with van der Waals surface area (Å²) in [6, 6.07) is 27.6. The van der Waals surface area contributed by atoms with Crippen LogP contribution in [0.5, 0.6) is 5.75 Å². The number of methoxy groups -OCH3 is 1. The van der Waals surface area contributed by atoms with Gasteiger partial charge >= 0.3 is 0 Å². The van der Waals surface area contributed by atoms with Crippen LogP contribution in [0.3, 0.4) is 0 Å². The van der Waals surface area contributed by atoms with Crippen molar-refractivity contribution < 1.29 is 9.53 Å². The number of hydrogen-bond donors (Lipinski definition) is 1. The fraction of sp³-hybridized carbons (Fsp3) is 0.136. The second kappa shape index (κ2) is 9.11. The van der Waals surface area contributed by atoms with E-state index in [0.29, 0.717) is 6.54 Å².